The number of aryl methyl sites for hydroxylation is 1. The Morgan fingerprint density at radius 1 is 1.08 bits per heavy atom. The molecule has 0 spiro atoms. The Hall–Kier alpha value is -4.54. The van der Waals surface area contributed by atoms with E-state index in [9.17, 15) is 14.0 Å². The van der Waals surface area contributed by atoms with Crippen LogP contribution in [0.1, 0.15) is 63.1 Å². The molecule has 11 heteroatoms. The highest BCUT2D eigenvalue weighted by molar-refractivity contribution is 5.97. The van der Waals surface area contributed by atoms with Gasteiger partial charge in [0.1, 0.15) is 23.5 Å². The minimum atomic E-state index is -0.459. The average molecular weight is 501 g/mol. The molecule has 188 valence electrons. The number of halogens is 1. The first-order chi connectivity index (χ1) is 17.7. The smallest absolute Gasteiger partial charge is 0.270 e. The van der Waals surface area contributed by atoms with E-state index in [4.69, 9.17) is 0 Å². The Kier molecular flexibility index (Phi) is 6.20. The first-order valence-electron chi connectivity index (χ1n) is 11.7. The fourth-order valence-corrected chi connectivity index (χ4v) is 4.65. The van der Waals surface area contributed by atoms with Gasteiger partial charge in [0, 0.05) is 18.2 Å². The summed E-state index contributed by atoms with van der Waals surface area (Å²) in [6.45, 7) is 6.03. The zero-order valence-corrected chi connectivity index (χ0v) is 20.5. The third-order valence-corrected chi connectivity index (χ3v) is 6.57. The molecule has 0 bridgehead atoms. The van der Waals surface area contributed by atoms with Crippen molar-refractivity contribution < 1.29 is 14.0 Å². The van der Waals surface area contributed by atoms with Crippen molar-refractivity contribution in [2.24, 2.45) is 5.41 Å². The van der Waals surface area contributed by atoms with Crippen LogP contribution in [-0.4, -0.2) is 42.4 Å². The fraction of sp³-hybridized carbons (Fsp3) is 0.269. The van der Waals surface area contributed by atoms with Gasteiger partial charge in [-0.3, -0.25) is 9.59 Å². The lowest BCUT2D eigenvalue weighted by atomic mass is 9.85. The lowest BCUT2D eigenvalue weighted by Crippen LogP contribution is -2.36. The summed E-state index contributed by atoms with van der Waals surface area (Å²) in [6.07, 6.45) is 1.94. The van der Waals surface area contributed by atoms with Crippen LogP contribution in [-0.2, 0) is 13.0 Å². The summed E-state index contributed by atoms with van der Waals surface area (Å²) < 4.78 is 13.5. The Bertz CT molecular complexity index is 1490. The molecule has 5 rings (SSSR count). The predicted molar refractivity (Wildman–Crippen MR) is 132 cm³/mol. The van der Waals surface area contributed by atoms with Crippen LogP contribution in [0.3, 0.4) is 0 Å². The van der Waals surface area contributed by atoms with Crippen LogP contribution in [0, 0.1) is 18.2 Å². The minimum Gasteiger partial charge on any atom is -0.347 e. The highest BCUT2D eigenvalue weighted by Crippen LogP contribution is 2.46. The van der Waals surface area contributed by atoms with E-state index < -0.39 is 11.8 Å². The van der Waals surface area contributed by atoms with Gasteiger partial charge < -0.3 is 10.6 Å². The Morgan fingerprint density at radius 2 is 1.86 bits per heavy atom. The Labute approximate surface area is 212 Å². The maximum atomic E-state index is 13.5. The van der Waals surface area contributed by atoms with Crippen molar-refractivity contribution in [2.75, 3.05) is 0 Å². The number of fused-ring (bicyclic) bond motifs is 1. The number of aromatic amines is 1. The molecule has 2 heterocycles. The minimum absolute atomic E-state index is 0.0646. The van der Waals surface area contributed by atoms with E-state index >= 15 is 0 Å². The number of hydrogen-bond donors (Lipinski definition) is 3. The number of nitrogens with one attached hydrogen (secondary N) is 3. The molecular weight excluding hydrogens is 475 g/mol. The fourth-order valence-electron chi connectivity index (χ4n) is 4.65. The lowest BCUT2D eigenvalue weighted by molar-refractivity contribution is 0.0898. The molecule has 0 saturated carbocycles. The van der Waals surface area contributed by atoms with Crippen molar-refractivity contribution in [2.45, 2.75) is 39.8 Å². The van der Waals surface area contributed by atoms with E-state index in [1.54, 1.807) is 19.1 Å². The summed E-state index contributed by atoms with van der Waals surface area (Å²) in [5.41, 5.74) is 4.09. The van der Waals surface area contributed by atoms with E-state index in [2.05, 4.69) is 55.1 Å². The monoisotopic (exact) mass is 500 g/mol. The molecule has 1 aliphatic carbocycles. The topological polar surface area (TPSA) is 138 Å². The highest BCUT2D eigenvalue weighted by Gasteiger charge is 2.40. The van der Waals surface area contributed by atoms with Gasteiger partial charge in [-0.25, -0.2) is 14.4 Å². The second kappa shape index (κ2) is 9.49. The summed E-state index contributed by atoms with van der Waals surface area (Å²) in [5.74, 6) is -0.658. The van der Waals surface area contributed by atoms with Gasteiger partial charge in [-0.1, -0.05) is 38.1 Å². The van der Waals surface area contributed by atoms with Crippen molar-refractivity contribution in [3.63, 3.8) is 0 Å². The summed E-state index contributed by atoms with van der Waals surface area (Å²) in [6, 6.07) is 11.6. The van der Waals surface area contributed by atoms with Gasteiger partial charge in [-0.15, -0.1) is 10.2 Å². The molecule has 0 fully saturated rings. The van der Waals surface area contributed by atoms with Gasteiger partial charge in [0.2, 0.25) is 5.82 Å². The number of nitrogens with zero attached hydrogens (tertiary/aromatic N) is 5. The number of tetrazole rings is 1. The van der Waals surface area contributed by atoms with E-state index in [1.807, 2.05) is 18.2 Å². The molecule has 0 aliphatic heterocycles. The Balaban J connectivity index is 1.30. The van der Waals surface area contributed by atoms with Gasteiger partial charge >= 0.3 is 0 Å². The van der Waals surface area contributed by atoms with Crippen molar-refractivity contribution in [1.82, 2.24) is 41.2 Å². The van der Waals surface area contributed by atoms with Crippen LogP contribution >= 0.6 is 0 Å². The maximum absolute atomic E-state index is 13.5. The molecule has 2 amide bonds. The number of amides is 2. The Morgan fingerprint density at radius 3 is 2.59 bits per heavy atom. The van der Waals surface area contributed by atoms with Crippen molar-refractivity contribution in [3.05, 3.63) is 88.3 Å². The van der Waals surface area contributed by atoms with E-state index in [-0.39, 0.29) is 35.2 Å². The molecule has 1 aliphatic rings. The summed E-state index contributed by atoms with van der Waals surface area (Å²) in [7, 11) is 0. The van der Waals surface area contributed by atoms with Crippen LogP contribution < -0.4 is 10.6 Å². The lowest BCUT2D eigenvalue weighted by Gasteiger charge is -2.28. The van der Waals surface area contributed by atoms with Gasteiger partial charge in [-0.05, 0) is 58.4 Å². The molecule has 0 radical (unpaired) electrons. The van der Waals surface area contributed by atoms with Gasteiger partial charge in [0.25, 0.3) is 11.8 Å². The van der Waals surface area contributed by atoms with Crippen molar-refractivity contribution in [1.29, 1.82) is 0 Å². The number of H-pyrrole nitrogens is 1. The first-order valence-corrected chi connectivity index (χ1v) is 11.7. The molecule has 1 unspecified atom stereocenters. The highest BCUT2D eigenvalue weighted by atomic mass is 19.1. The largest absolute Gasteiger partial charge is 0.347 e. The average Bonchev–Trinajstić information content (AvgIpc) is 3.50. The molecule has 0 saturated heterocycles. The van der Waals surface area contributed by atoms with E-state index in [0.29, 0.717) is 11.4 Å². The SMILES string of the molecule is Cc1cc(CNC(=O)c2cc(C(=O)NC3c4ccc(-c5nn[nH]n5)cc4CC3(C)C)ncn2)ccc1F. The molecule has 1 atom stereocenters. The second-order valence-electron chi connectivity index (χ2n) is 9.78. The maximum Gasteiger partial charge on any atom is 0.270 e. The molecule has 10 nitrogen and oxygen atoms in total. The molecule has 3 N–H and O–H groups in total. The number of rotatable bonds is 6. The van der Waals surface area contributed by atoms with E-state index in [1.165, 1.54) is 18.5 Å². The molecule has 2 aromatic heterocycles. The normalized spacial score (nSPS) is 15.7. The van der Waals surface area contributed by atoms with E-state index in [0.717, 1.165) is 28.7 Å². The summed E-state index contributed by atoms with van der Waals surface area (Å²) in [5, 5.41) is 20.0. The third-order valence-electron chi connectivity index (χ3n) is 6.57. The predicted octanol–water partition coefficient (Wildman–Crippen LogP) is 3.09. The van der Waals surface area contributed by atoms with Crippen molar-refractivity contribution >= 4 is 11.8 Å². The molecular formula is C26H25FN8O2. The van der Waals surface area contributed by atoms with Crippen LogP contribution in [0.25, 0.3) is 11.4 Å². The summed E-state index contributed by atoms with van der Waals surface area (Å²) >= 11 is 0. The third kappa shape index (κ3) is 4.92. The number of aromatic nitrogens is 6. The van der Waals surface area contributed by atoms with Gasteiger partial charge in [0.05, 0.1) is 6.04 Å². The van der Waals surface area contributed by atoms with Crippen molar-refractivity contribution in [3.8, 4) is 11.4 Å². The zero-order chi connectivity index (χ0) is 26.2. The number of benzene rings is 2. The number of carbonyl (C=O) groups excluding carboxylic acids is 2. The van der Waals surface area contributed by atoms with Crippen LogP contribution in [0.2, 0.25) is 0 Å². The van der Waals surface area contributed by atoms with Gasteiger partial charge in [-0.2, -0.15) is 5.21 Å². The molecule has 2 aromatic carbocycles. The number of carbonyl (C=O) groups is 2. The standard InChI is InChI=1S/C26H25FN8O2/c1-14-8-15(4-7-19(14)27)12-28-24(36)20-10-21(30-13-29-20)25(37)31-22-18-6-5-16(23-32-34-35-33-23)9-17(18)11-26(22,2)3/h4-10,13,22H,11-12H2,1-3H3,(H,28,36)(H,31,37)(H,32,33,34,35). The van der Waals surface area contributed by atoms with Crippen LogP contribution in [0.5, 0.6) is 0 Å². The van der Waals surface area contributed by atoms with Crippen LogP contribution in [0.4, 0.5) is 4.39 Å². The quantitative estimate of drug-likeness (QED) is 0.370. The first kappa shape index (κ1) is 24.2. The number of hydrogen-bond acceptors (Lipinski definition) is 7. The second-order valence-corrected chi connectivity index (χ2v) is 9.78. The zero-order valence-electron chi connectivity index (χ0n) is 20.5. The van der Waals surface area contributed by atoms with Gasteiger partial charge in [0.15, 0.2) is 0 Å². The van der Waals surface area contributed by atoms with Crippen LogP contribution in [0.15, 0.2) is 48.8 Å². The summed E-state index contributed by atoms with van der Waals surface area (Å²) in [4.78, 5) is 33.9. The molecule has 4 aromatic rings. The molecule has 37 heavy (non-hydrogen) atoms.